The van der Waals surface area contributed by atoms with Crippen molar-refractivity contribution in [3.05, 3.63) is 82.1 Å². The van der Waals surface area contributed by atoms with Gasteiger partial charge in [-0.05, 0) is 86.0 Å². The zero-order chi connectivity index (χ0) is 28.4. The number of nitrogens with one attached hydrogen (secondary N) is 1. The number of aliphatic hydroxyl groups is 1. The van der Waals surface area contributed by atoms with E-state index in [-0.39, 0.29) is 23.5 Å². The Labute approximate surface area is 236 Å². The topological polar surface area (TPSA) is 104 Å². The molecule has 0 spiro atoms. The smallest absolute Gasteiger partial charge is 0.275 e. The summed E-state index contributed by atoms with van der Waals surface area (Å²) >= 11 is 1.35. The first kappa shape index (κ1) is 27.5. The molecule has 0 bridgehead atoms. The van der Waals surface area contributed by atoms with Gasteiger partial charge in [-0.25, -0.2) is 14.4 Å². The van der Waals surface area contributed by atoms with E-state index in [1.807, 2.05) is 26.0 Å². The maximum atomic E-state index is 13.7. The molecule has 0 fully saturated rings. The normalized spacial score (nSPS) is 15.0. The molecule has 40 heavy (non-hydrogen) atoms. The molecule has 1 unspecified atom stereocenters. The number of benzene rings is 2. The van der Waals surface area contributed by atoms with E-state index in [0.717, 1.165) is 33.5 Å². The van der Waals surface area contributed by atoms with Crippen LogP contribution in [0, 0.1) is 5.82 Å². The molecule has 0 saturated carbocycles. The Bertz CT molecular complexity index is 1660. The first-order valence-electron chi connectivity index (χ1n) is 13.1. The van der Waals surface area contributed by atoms with Crippen molar-refractivity contribution in [1.82, 2.24) is 14.9 Å². The van der Waals surface area contributed by atoms with Gasteiger partial charge in [0.05, 0.1) is 5.60 Å². The van der Waals surface area contributed by atoms with E-state index in [1.165, 1.54) is 23.5 Å². The van der Waals surface area contributed by atoms with E-state index < -0.39 is 5.60 Å². The predicted octanol–water partition coefficient (Wildman–Crippen LogP) is 4.62. The highest BCUT2D eigenvalue weighted by molar-refractivity contribution is 7.13. The molecule has 1 atom stereocenters. The molecule has 0 saturated heterocycles. The summed E-state index contributed by atoms with van der Waals surface area (Å²) in [7, 11) is 0. The molecule has 1 aliphatic rings. The Morgan fingerprint density at radius 1 is 1.18 bits per heavy atom. The molecule has 9 heteroatoms. The summed E-state index contributed by atoms with van der Waals surface area (Å²) in [6.45, 7) is 6.47. The molecule has 4 N–H and O–H groups in total. The molecule has 0 aliphatic carbocycles. The third-order valence-corrected chi connectivity index (χ3v) is 7.81. The lowest BCUT2D eigenvalue weighted by molar-refractivity contribution is 0.0617. The lowest BCUT2D eigenvalue weighted by Crippen LogP contribution is -2.34. The van der Waals surface area contributed by atoms with Crippen molar-refractivity contribution in [3.63, 3.8) is 0 Å². The van der Waals surface area contributed by atoms with Gasteiger partial charge in [-0.1, -0.05) is 18.2 Å². The number of amides is 1. The summed E-state index contributed by atoms with van der Waals surface area (Å²) in [5.41, 5.74) is 8.28. The SMILES string of the molecule is CC1CC=c2cc(-c3ccc(F)cc3)c(NC(=O)c3csc(-c4ccnc(N)c4)n3)cc2=CN1CCC(C)(C)O. The third-order valence-electron chi connectivity index (χ3n) is 6.92. The standard InChI is InChI=1S/C31H32FN5O2S/c1-19-4-5-21-14-25(20-6-8-24(32)9-7-20)26(15-23(21)17-37(19)13-11-31(2,3)39)35-29(38)27-18-40-30(36-27)22-10-12-34-28(33)16-22/h5-10,12,14-19,39H,4,11,13H2,1-3H3,(H2,33,34)(H,35,38). The second-order valence-corrected chi connectivity index (χ2v) is 11.6. The van der Waals surface area contributed by atoms with Crippen molar-refractivity contribution in [2.24, 2.45) is 0 Å². The molecular weight excluding hydrogens is 525 g/mol. The molecular formula is C31H32FN5O2S. The number of pyridine rings is 1. The lowest BCUT2D eigenvalue weighted by atomic mass is 10.0. The van der Waals surface area contributed by atoms with E-state index in [2.05, 4.69) is 39.4 Å². The number of thiazole rings is 1. The number of carbonyl (C=O) groups is 1. The Balaban J connectivity index is 1.53. The average molecular weight is 558 g/mol. The maximum Gasteiger partial charge on any atom is 0.275 e. The number of halogens is 1. The van der Waals surface area contributed by atoms with Crippen LogP contribution >= 0.6 is 11.3 Å². The van der Waals surface area contributed by atoms with Gasteiger partial charge in [0.1, 0.15) is 22.3 Å². The Morgan fingerprint density at radius 3 is 2.67 bits per heavy atom. The number of carbonyl (C=O) groups excluding carboxylic acids is 1. The molecule has 4 aromatic rings. The van der Waals surface area contributed by atoms with Crippen LogP contribution in [0.25, 0.3) is 34.0 Å². The summed E-state index contributed by atoms with van der Waals surface area (Å²) in [4.78, 5) is 24.2. The van der Waals surface area contributed by atoms with Crippen LogP contribution in [-0.4, -0.2) is 44.1 Å². The van der Waals surface area contributed by atoms with Crippen molar-refractivity contribution < 1.29 is 14.3 Å². The zero-order valence-electron chi connectivity index (χ0n) is 22.7. The molecule has 2 aromatic heterocycles. The van der Waals surface area contributed by atoms with Gasteiger partial charge in [0.25, 0.3) is 5.91 Å². The minimum atomic E-state index is -0.771. The Hall–Kier alpha value is -4.08. The van der Waals surface area contributed by atoms with Gasteiger partial charge in [0.15, 0.2) is 0 Å². The highest BCUT2D eigenvalue weighted by Gasteiger charge is 2.19. The number of nitrogens with zero attached hydrogens (tertiary/aromatic N) is 3. The van der Waals surface area contributed by atoms with Crippen molar-refractivity contribution in [1.29, 1.82) is 0 Å². The number of rotatable bonds is 7. The maximum absolute atomic E-state index is 13.7. The minimum Gasteiger partial charge on any atom is -0.390 e. The summed E-state index contributed by atoms with van der Waals surface area (Å²) in [5.74, 6) is -0.295. The lowest BCUT2D eigenvalue weighted by Gasteiger charge is -2.29. The van der Waals surface area contributed by atoms with Crippen LogP contribution < -0.4 is 21.5 Å². The van der Waals surface area contributed by atoms with Crippen LogP contribution in [-0.2, 0) is 0 Å². The molecule has 0 radical (unpaired) electrons. The molecule has 206 valence electrons. The van der Waals surface area contributed by atoms with Crippen LogP contribution in [0.5, 0.6) is 0 Å². The quantitative estimate of drug-likeness (QED) is 0.306. The number of fused-ring (bicyclic) bond motifs is 1. The van der Waals surface area contributed by atoms with Gasteiger partial charge in [-0.2, -0.15) is 0 Å². The van der Waals surface area contributed by atoms with Gasteiger partial charge < -0.3 is 21.1 Å². The number of aromatic nitrogens is 2. The van der Waals surface area contributed by atoms with Crippen LogP contribution in [0.2, 0.25) is 0 Å². The first-order chi connectivity index (χ1) is 19.1. The molecule has 5 rings (SSSR count). The van der Waals surface area contributed by atoms with Gasteiger partial charge in [0, 0.05) is 47.2 Å². The van der Waals surface area contributed by atoms with E-state index in [1.54, 1.807) is 35.8 Å². The van der Waals surface area contributed by atoms with E-state index in [4.69, 9.17) is 5.73 Å². The number of hydrogen-bond acceptors (Lipinski definition) is 7. The fraction of sp³-hybridized carbons (Fsp3) is 0.258. The van der Waals surface area contributed by atoms with Gasteiger partial charge in [0.2, 0.25) is 0 Å². The van der Waals surface area contributed by atoms with E-state index in [0.29, 0.717) is 29.5 Å². The number of nitrogen functional groups attached to an aromatic ring is 1. The Morgan fingerprint density at radius 2 is 1.95 bits per heavy atom. The monoisotopic (exact) mass is 557 g/mol. The van der Waals surface area contributed by atoms with Crippen molar-refractivity contribution in [2.75, 3.05) is 17.6 Å². The van der Waals surface area contributed by atoms with E-state index >= 15 is 0 Å². The molecule has 7 nitrogen and oxygen atoms in total. The van der Waals surface area contributed by atoms with Crippen molar-refractivity contribution in [2.45, 2.75) is 45.3 Å². The number of hydrogen-bond donors (Lipinski definition) is 3. The number of anilines is 2. The summed E-state index contributed by atoms with van der Waals surface area (Å²) in [6, 6.07) is 14.0. The van der Waals surface area contributed by atoms with Crippen LogP contribution in [0.15, 0.2) is 60.1 Å². The summed E-state index contributed by atoms with van der Waals surface area (Å²) < 4.78 is 13.7. The van der Waals surface area contributed by atoms with Crippen LogP contribution in [0.1, 0.15) is 44.1 Å². The fourth-order valence-electron chi connectivity index (χ4n) is 4.60. The largest absolute Gasteiger partial charge is 0.390 e. The zero-order valence-corrected chi connectivity index (χ0v) is 23.5. The first-order valence-corrected chi connectivity index (χ1v) is 14.0. The van der Waals surface area contributed by atoms with Crippen molar-refractivity contribution >= 4 is 41.0 Å². The predicted molar refractivity (Wildman–Crippen MR) is 159 cm³/mol. The number of nitrogens with two attached hydrogens (primary N) is 1. The van der Waals surface area contributed by atoms with Gasteiger partial charge in [-0.3, -0.25) is 4.79 Å². The third kappa shape index (κ3) is 6.38. The second kappa shape index (κ2) is 11.2. The van der Waals surface area contributed by atoms with Gasteiger partial charge in [-0.15, -0.1) is 11.3 Å². The van der Waals surface area contributed by atoms with Crippen molar-refractivity contribution in [3.8, 4) is 21.7 Å². The molecule has 2 aromatic carbocycles. The molecule has 1 aliphatic heterocycles. The molecule has 1 amide bonds. The Kier molecular flexibility index (Phi) is 7.69. The minimum absolute atomic E-state index is 0.234. The highest BCUT2D eigenvalue weighted by atomic mass is 32.1. The second-order valence-electron chi connectivity index (χ2n) is 10.7. The average Bonchev–Trinajstić information content (AvgIpc) is 3.35. The van der Waals surface area contributed by atoms with Crippen LogP contribution in [0.4, 0.5) is 15.9 Å². The highest BCUT2D eigenvalue weighted by Crippen LogP contribution is 2.28. The van der Waals surface area contributed by atoms with Crippen LogP contribution in [0.3, 0.4) is 0 Å². The summed E-state index contributed by atoms with van der Waals surface area (Å²) in [6.07, 6.45) is 7.33. The molecule has 3 heterocycles. The van der Waals surface area contributed by atoms with Gasteiger partial charge >= 0.3 is 0 Å². The fourth-order valence-corrected chi connectivity index (χ4v) is 5.40. The van der Waals surface area contributed by atoms with E-state index in [9.17, 15) is 14.3 Å². The summed E-state index contributed by atoms with van der Waals surface area (Å²) in [5, 5.41) is 17.7.